The Kier molecular flexibility index (Phi) is 5.02. The monoisotopic (exact) mass is 348 g/mol. The number of anilines is 1. The zero-order valence-electron chi connectivity index (χ0n) is 12.1. The summed E-state index contributed by atoms with van der Waals surface area (Å²) in [5.74, 6) is 0.592. The maximum absolute atomic E-state index is 11.3. The van der Waals surface area contributed by atoms with Crippen molar-refractivity contribution in [1.29, 1.82) is 0 Å². The molecular weight excluding hydrogens is 332 g/mol. The van der Waals surface area contributed by atoms with Crippen LogP contribution in [0.1, 0.15) is 11.3 Å². The molecule has 0 spiro atoms. The van der Waals surface area contributed by atoms with Crippen molar-refractivity contribution < 1.29 is 4.21 Å². The van der Waals surface area contributed by atoms with Gasteiger partial charge in [0.25, 0.3) is 0 Å². The molecule has 22 heavy (non-hydrogen) atoms. The van der Waals surface area contributed by atoms with E-state index in [1.54, 1.807) is 28.9 Å². The van der Waals surface area contributed by atoms with Crippen molar-refractivity contribution >= 4 is 39.2 Å². The molecular formula is C16H16N2OS3. The number of hydrogen-bond donors (Lipinski definition) is 1. The van der Waals surface area contributed by atoms with Gasteiger partial charge in [0.2, 0.25) is 0 Å². The molecule has 3 nitrogen and oxygen atoms in total. The lowest BCUT2D eigenvalue weighted by Crippen LogP contribution is -2.01. The molecule has 114 valence electrons. The molecule has 0 amide bonds. The second kappa shape index (κ2) is 7.17. The van der Waals surface area contributed by atoms with Gasteiger partial charge in [-0.25, -0.2) is 4.98 Å². The summed E-state index contributed by atoms with van der Waals surface area (Å²) >= 11 is 3.36. The summed E-state index contributed by atoms with van der Waals surface area (Å²) in [5, 5.41) is 10.7. The van der Waals surface area contributed by atoms with Crippen molar-refractivity contribution in [1.82, 2.24) is 4.98 Å². The third kappa shape index (κ3) is 4.03. The first kappa shape index (κ1) is 15.4. The average molecular weight is 349 g/mol. The van der Waals surface area contributed by atoms with E-state index in [1.165, 1.54) is 5.56 Å². The van der Waals surface area contributed by atoms with Gasteiger partial charge in [-0.2, -0.15) is 11.3 Å². The number of thiophene rings is 1. The first-order chi connectivity index (χ1) is 10.7. The van der Waals surface area contributed by atoms with Crippen LogP contribution in [0.3, 0.4) is 0 Å². The highest BCUT2D eigenvalue weighted by Gasteiger charge is 2.05. The van der Waals surface area contributed by atoms with Gasteiger partial charge in [-0.1, -0.05) is 12.1 Å². The summed E-state index contributed by atoms with van der Waals surface area (Å²) < 4.78 is 11.3. The van der Waals surface area contributed by atoms with Crippen LogP contribution in [-0.2, 0) is 23.1 Å². The molecule has 3 aromatic rings. The highest BCUT2D eigenvalue weighted by atomic mass is 32.2. The number of benzene rings is 1. The van der Waals surface area contributed by atoms with Crippen LogP contribution in [0, 0.1) is 0 Å². The molecule has 1 atom stereocenters. The minimum absolute atomic E-state index is 0.592. The standard InChI is InChI=1S/C16H16N2OS3/c1-22(19)11-12-3-2-4-14(7-12)17-8-15-10-21-16(18-15)13-5-6-20-9-13/h2-7,9-10,17H,8,11H2,1H3. The molecule has 3 rings (SSSR count). The van der Waals surface area contributed by atoms with Crippen molar-refractivity contribution in [3.05, 3.63) is 57.7 Å². The number of aromatic nitrogens is 1. The molecule has 2 aromatic heterocycles. The summed E-state index contributed by atoms with van der Waals surface area (Å²) in [6.45, 7) is 0.694. The third-order valence-electron chi connectivity index (χ3n) is 3.09. The van der Waals surface area contributed by atoms with Crippen LogP contribution >= 0.6 is 22.7 Å². The highest BCUT2D eigenvalue weighted by molar-refractivity contribution is 7.83. The Bertz CT molecular complexity index is 765. The van der Waals surface area contributed by atoms with E-state index >= 15 is 0 Å². The summed E-state index contributed by atoms with van der Waals surface area (Å²) in [5.41, 5.74) is 4.35. The van der Waals surface area contributed by atoms with Gasteiger partial charge >= 0.3 is 0 Å². The molecule has 0 aliphatic rings. The van der Waals surface area contributed by atoms with Crippen LogP contribution in [0.15, 0.2) is 46.5 Å². The Morgan fingerprint density at radius 2 is 2.18 bits per heavy atom. The average Bonchev–Trinajstić information content (AvgIpc) is 3.16. The molecule has 0 bridgehead atoms. The topological polar surface area (TPSA) is 42.0 Å². The molecule has 6 heteroatoms. The van der Waals surface area contributed by atoms with E-state index in [1.807, 2.05) is 24.3 Å². The van der Waals surface area contributed by atoms with E-state index in [4.69, 9.17) is 0 Å². The molecule has 2 heterocycles. The first-order valence-corrected chi connectivity index (χ1v) is 10.4. The number of nitrogens with one attached hydrogen (secondary N) is 1. The Hall–Kier alpha value is -1.50. The quantitative estimate of drug-likeness (QED) is 0.719. The Labute approximate surface area is 140 Å². The number of hydrogen-bond acceptors (Lipinski definition) is 5. The minimum Gasteiger partial charge on any atom is -0.379 e. The van der Waals surface area contributed by atoms with E-state index in [-0.39, 0.29) is 0 Å². The molecule has 1 aromatic carbocycles. The zero-order chi connectivity index (χ0) is 15.4. The van der Waals surface area contributed by atoms with E-state index in [0.29, 0.717) is 12.3 Å². The Morgan fingerprint density at radius 3 is 2.95 bits per heavy atom. The van der Waals surface area contributed by atoms with Crippen LogP contribution in [-0.4, -0.2) is 15.4 Å². The van der Waals surface area contributed by atoms with Gasteiger partial charge in [-0.3, -0.25) is 4.21 Å². The van der Waals surface area contributed by atoms with E-state index in [2.05, 4.69) is 32.5 Å². The molecule has 0 radical (unpaired) electrons. The van der Waals surface area contributed by atoms with Gasteiger partial charge in [-0.05, 0) is 29.1 Å². The molecule has 0 saturated heterocycles. The molecule has 0 aliphatic carbocycles. The second-order valence-electron chi connectivity index (χ2n) is 4.93. The van der Waals surface area contributed by atoms with E-state index in [9.17, 15) is 4.21 Å². The van der Waals surface area contributed by atoms with Crippen molar-refractivity contribution in [2.45, 2.75) is 12.3 Å². The zero-order valence-corrected chi connectivity index (χ0v) is 14.6. The SMILES string of the molecule is CS(=O)Cc1cccc(NCc2csc(-c3ccsc3)n2)c1. The fraction of sp³-hybridized carbons (Fsp3) is 0.188. The van der Waals surface area contributed by atoms with Crippen molar-refractivity contribution in [3.63, 3.8) is 0 Å². The maximum atomic E-state index is 11.3. The Morgan fingerprint density at radius 1 is 1.27 bits per heavy atom. The lowest BCUT2D eigenvalue weighted by molar-refractivity contribution is 0.686. The molecule has 1 unspecified atom stereocenters. The predicted molar refractivity (Wildman–Crippen MR) is 97.0 cm³/mol. The predicted octanol–water partition coefficient (Wildman–Crippen LogP) is 4.36. The first-order valence-electron chi connectivity index (χ1n) is 6.80. The van der Waals surface area contributed by atoms with Gasteiger partial charge in [0, 0.05) is 44.8 Å². The molecule has 1 N–H and O–H groups in total. The van der Waals surface area contributed by atoms with Crippen LogP contribution in [0.4, 0.5) is 5.69 Å². The van der Waals surface area contributed by atoms with Crippen molar-refractivity contribution in [3.8, 4) is 10.6 Å². The van der Waals surface area contributed by atoms with Gasteiger partial charge < -0.3 is 5.32 Å². The number of rotatable bonds is 6. The van der Waals surface area contributed by atoms with Gasteiger partial charge in [-0.15, -0.1) is 11.3 Å². The summed E-state index contributed by atoms with van der Waals surface area (Å²) in [7, 11) is -0.816. The molecule has 0 saturated carbocycles. The second-order valence-corrected chi connectivity index (χ2v) is 8.00. The number of thiazole rings is 1. The normalized spacial score (nSPS) is 12.2. The van der Waals surface area contributed by atoms with Crippen molar-refractivity contribution in [2.24, 2.45) is 0 Å². The van der Waals surface area contributed by atoms with Crippen LogP contribution in [0.5, 0.6) is 0 Å². The minimum atomic E-state index is -0.816. The highest BCUT2D eigenvalue weighted by Crippen LogP contribution is 2.26. The third-order valence-corrected chi connectivity index (χ3v) is 5.45. The lowest BCUT2D eigenvalue weighted by atomic mass is 10.2. The smallest absolute Gasteiger partial charge is 0.124 e. The van der Waals surface area contributed by atoms with Crippen molar-refractivity contribution in [2.75, 3.05) is 11.6 Å². The summed E-state index contributed by atoms with van der Waals surface area (Å²) in [6.07, 6.45) is 1.72. The largest absolute Gasteiger partial charge is 0.379 e. The molecule has 0 fully saturated rings. The molecule has 0 aliphatic heterocycles. The summed E-state index contributed by atoms with van der Waals surface area (Å²) in [6, 6.07) is 10.2. The summed E-state index contributed by atoms with van der Waals surface area (Å²) in [4.78, 5) is 4.65. The van der Waals surface area contributed by atoms with Gasteiger partial charge in [0.15, 0.2) is 0 Å². The van der Waals surface area contributed by atoms with Crippen LogP contribution < -0.4 is 5.32 Å². The number of nitrogens with zero attached hydrogens (tertiary/aromatic N) is 1. The van der Waals surface area contributed by atoms with Crippen LogP contribution in [0.2, 0.25) is 0 Å². The lowest BCUT2D eigenvalue weighted by Gasteiger charge is -2.06. The van der Waals surface area contributed by atoms with Gasteiger partial charge in [0.05, 0.1) is 12.2 Å². The maximum Gasteiger partial charge on any atom is 0.124 e. The Balaban J connectivity index is 1.64. The van der Waals surface area contributed by atoms with E-state index < -0.39 is 10.8 Å². The van der Waals surface area contributed by atoms with E-state index in [0.717, 1.165) is 22.0 Å². The van der Waals surface area contributed by atoms with Gasteiger partial charge in [0.1, 0.15) is 5.01 Å². The fourth-order valence-corrected chi connectivity index (χ4v) is 4.29. The van der Waals surface area contributed by atoms with Crippen LogP contribution in [0.25, 0.3) is 10.6 Å². The fourth-order valence-electron chi connectivity index (χ4n) is 2.11.